The van der Waals surface area contributed by atoms with Gasteiger partial charge in [-0.3, -0.25) is 0 Å². The van der Waals surface area contributed by atoms with E-state index in [4.69, 9.17) is 29.3 Å². The SMILES string of the molecule is c1cc[c]([Bi]([c]2ccccc2C2CCOO2)[c]2ccccc2C2CCOO2)c(C2CCOO2)c1. The molecular weight excluding hydrogens is 629 g/mol. The Morgan fingerprint density at radius 3 is 1.09 bits per heavy atom. The van der Waals surface area contributed by atoms with E-state index in [2.05, 4.69) is 72.8 Å². The molecule has 3 fully saturated rings. The number of hydrogen-bond donors (Lipinski definition) is 0. The van der Waals surface area contributed by atoms with Crippen molar-refractivity contribution in [3.05, 3.63) is 89.5 Å². The molecule has 176 valence electrons. The van der Waals surface area contributed by atoms with Gasteiger partial charge in [0.05, 0.1) is 0 Å². The van der Waals surface area contributed by atoms with E-state index in [0.717, 1.165) is 19.3 Å². The maximum atomic E-state index is 5.70. The van der Waals surface area contributed by atoms with Crippen molar-refractivity contribution in [2.75, 3.05) is 19.8 Å². The molecule has 3 aliphatic rings. The minimum absolute atomic E-state index is 0.0508. The van der Waals surface area contributed by atoms with Crippen molar-refractivity contribution in [3.63, 3.8) is 0 Å². The van der Waals surface area contributed by atoms with Crippen LogP contribution in [0.1, 0.15) is 54.3 Å². The van der Waals surface area contributed by atoms with E-state index in [1.165, 1.54) is 26.5 Å². The van der Waals surface area contributed by atoms with Gasteiger partial charge in [-0.25, -0.2) is 0 Å². The van der Waals surface area contributed by atoms with Gasteiger partial charge in [0.25, 0.3) is 0 Å². The quantitative estimate of drug-likeness (QED) is 0.300. The first-order valence-corrected chi connectivity index (χ1v) is 17.0. The molecule has 0 radical (unpaired) electrons. The predicted octanol–water partition coefficient (Wildman–Crippen LogP) is 3.38. The number of rotatable bonds is 6. The van der Waals surface area contributed by atoms with Gasteiger partial charge in [0.1, 0.15) is 0 Å². The van der Waals surface area contributed by atoms with Crippen LogP contribution >= 0.6 is 0 Å². The topological polar surface area (TPSA) is 55.4 Å². The van der Waals surface area contributed by atoms with Gasteiger partial charge in [-0.15, -0.1) is 0 Å². The van der Waals surface area contributed by atoms with Crippen LogP contribution in [0.2, 0.25) is 0 Å². The molecule has 6 nitrogen and oxygen atoms in total. The van der Waals surface area contributed by atoms with Crippen molar-refractivity contribution >= 4 is 31.6 Å². The summed E-state index contributed by atoms with van der Waals surface area (Å²) in [4.78, 5) is 33.1. The number of hydrogen-bond acceptors (Lipinski definition) is 6. The van der Waals surface area contributed by atoms with Crippen LogP contribution in [0.15, 0.2) is 72.8 Å². The third-order valence-electron chi connectivity index (χ3n) is 6.52. The molecule has 0 aromatic heterocycles. The molecule has 0 bridgehead atoms. The van der Waals surface area contributed by atoms with E-state index in [1.54, 1.807) is 0 Å². The van der Waals surface area contributed by atoms with Gasteiger partial charge in [0.15, 0.2) is 0 Å². The molecule has 0 saturated carbocycles. The first-order chi connectivity index (χ1) is 16.9. The van der Waals surface area contributed by atoms with Crippen molar-refractivity contribution in [3.8, 4) is 0 Å². The Morgan fingerprint density at radius 1 is 0.471 bits per heavy atom. The van der Waals surface area contributed by atoms with Crippen LogP contribution in [0, 0.1) is 0 Å². The molecule has 0 N–H and O–H groups in total. The van der Waals surface area contributed by atoms with Gasteiger partial charge >= 0.3 is 208 Å². The molecule has 3 saturated heterocycles. The van der Waals surface area contributed by atoms with E-state index >= 15 is 0 Å². The summed E-state index contributed by atoms with van der Waals surface area (Å²) in [5.41, 5.74) is 3.69. The first-order valence-electron chi connectivity index (χ1n) is 11.8. The van der Waals surface area contributed by atoms with E-state index in [9.17, 15) is 0 Å². The molecular formula is C27H27BiO6. The van der Waals surface area contributed by atoms with Crippen LogP contribution in [0.5, 0.6) is 0 Å². The zero-order valence-corrected chi connectivity index (χ0v) is 22.3. The van der Waals surface area contributed by atoms with E-state index in [-0.39, 0.29) is 18.3 Å². The molecule has 34 heavy (non-hydrogen) atoms. The second-order valence-electron chi connectivity index (χ2n) is 8.60. The molecule has 7 heteroatoms. The molecule has 6 rings (SSSR count). The molecule has 3 heterocycles. The monoisotopic (exact) mass is 656 g/mol. The van der Waals surface area contributed by atoms with Gasteiger partial charge < -0.3 is 0 Å². The van der Waals surface area contributed by atoms with Gasteiger partial charge in [-0.05, 0) is 0 Å². The molecule has 3 aliphatic heterocycles. The predicted molar refractivity (Wildman–Crippen MR) is 127 cm³/mol. The van der Waals surface area contributed by atoms with Crippen LogP contribution in [-0.2, 0) is 29.3 Å². The second kappa shape index (κ2) is 10.5. The Labute approximate surface area is 207 Å². The average Bonchev–Trinajstić information content (AvgIpc) is 3.69. The van der Waals surface area contributed by atoms with E-state index in [1.807, 2.05) is 0 Å². The Balaban J connectivity index is 1.55. The molecule has 3 aromatic carbocycles. The third-order valence-corrected chi connectivity index (χ3v) is 16.9. The van der Waals surface area contributed by atoms with Gasteiger partial charge in [-0.1, -0.05) is 0 Å². The minimum atomic E-state index is -2.91. The van der Waals surface area contributed by atoms with Crippen molar-refractivity contribution in [2.24, 2.45) is 0 Å². The first kappa shape index (κ1) is 22.7. The fraction of sp³-hybridized carbons (Fsp3) is 0.333. The Hall–Kier alpha value is -1.70. The summed E-state index contributed by atoms with van der Waals surface area (Å²) in [5, 5.41) is 0. The Morgan fingerprint density at radius 2 is 0.794 bits per heavy atom. The summed E-state index contributed by atoms with van der Waals surface area (Å²) < 4.78 is 4.18. The summed E-state index contributed by atoms with van der Waals surface area (Å²) in [5.74, 6) is 0. The Kier molecular flexibility index (Phi) is 7.03. The molecule has 3 unspecified atom stereocenters. The van der Waals surface area contributed by atoms with Crippen molar-refractivity contribution < 1.29 is 29.3 Å². The van der Waals surface area contributed by atoms with Gasteiger partial charge in [0.2, 0.25) is 0 Å². The van der Waals surface area contributed by atoms with Crippen LogP contribution in [0.25, 0.3) is 0 Å². The van der Waals surface area contributed by atoms with Crippen LogP contribution in [0.3, 0.4) is 0 Å². The van der Waals surface area contributed by atoms with Gasteiger partial charge in [0, 0.05) is 0 Å². The van der Waals surface area contributed by atoms with Gasteiger partial charge in [-0.2, -0.15) is 0 Å². The van der Waals surface area contributed by atoms with Crippen LogP contribution in [0.4, 0.5) is 0 Å². The third kappa shape index (κ3) is 4.47. The molecule has 3 atom stereocenters. The summed E-state index contributed by atoms with van der Waals surface area (Å²) in [6, 6.07) is 26.2. The summed E-state index contributed by atoms with van der Waals surface area (Å²) in [6.07, 6.45) is 2.42. The molecule has 0 spiro atoms. The molecule has 0 aliphatic carbocycles. The average molecular weight is 656 g/mol. The molecule has 3 aromatic rings. The standard InChI is InChI=1S/3C9H9O2.Bi/c3*1-2-4-8(5-3-1)9-6-7-10-11-9;/h3*1-4,9H,6-7H2;. The fourth-order valence-electron chi connectivity index (χ4n) is 4.90. The van der Waals surface area contributed by atoms with Crippen molar-refractivity contribution in [1.29, 1.82) is 0 Å². The Bertz CT molecular complexity index is 978. The second-order valence-corrected chi connectivity index (χ2v) is 16.8. The zero-order chi connectivity index (χ0) is 22.7. The van der Waals surface area contributed by atoms with E-state index in [0.29, 0.717) is 19.8 Å². The van der Waals surface area contributed by atoms with Crippen LogP contribution in [-0.4, -0.2) is 41.6 Å². The van der Waals surface area contributed by atoms with Crippen molar-refractivity contribution in [2.45, 2.75) is 37.6 Å². The number of benzene rings is 3. The zero-order valence-electron chi connectivity index (χ0n) is 18.8. The molecule has 0 amide bonds. The van der Waals surface area contributed by atoms with E-state index < -0.39 is 21.8 Å². The summed E-state index contributed by atoms with van der Waals surface area (Å²) in [6.45, 7) is 1.85. The maximum absolute atomic E-state index is 5.70. The summed E-state index contributed by atoms with van der Waals surface area (Å²) in [7, 11) is 0. The van der Waals surface area contributed by atoms with Crippen LogP contribution < -0.4 is 9.81 Å². The normalized spacial score (nSPS) is 24.8. The summed E-state index contributed by atoms with van der Waals surface area (Å²) >= 11 is -2.91. The van der Waals surface area contributed by atoms with Crippen molar-refractivity contribution in [1.82, 2.24) is 0 Å². The fourth-order valence-corrected chi connectivity index (χ4v) is 16.2.